The maximum atomic E-state index is 12.1. The van der Waals surface area contributed by atoms with E-state index in [4.69, 9.17) is 4.42 Å². The highest BCUT2D eigenvalue weighted by Gasteiger charge is 2.30. The van der Waals surface area contributed by atoms with Crippen molar-refractivity contribution >= 4 is 33.3 Å². The summed E-state index contributed by atoms with van der Waals surface area (Å²) >= 11 is 1.72. The number of sulfonamides is 1. The molecule has 11 heteroatoms. The Bertz CT molecular complexity index is 1030. The van der Waals surface area contributed by atoms with Crippen LogP contribution in [-0.2, 0) is 23.0 Å². The van der Waals surface area contributed by atoms with Crippen molar-refractivity contribution in [2.24, 2.45) is 4.40 Å². The summed E-state index contributed by atoms with van der Waals surface area (Å²) < 4.78 is 33.7. The first-order valence-electron chi connectivity index (χ1n) is 8.94. The summed E-state index contributed by atoms with van der Waals surface area (Å²) in [6.07, 6.45) is 0.819. The molecule has 2 heterocycles. The molecular weight excluding hydrogens is 416 g/mol. The molecule has 0 spiro atoms. The Morgan fingerprint density at radius 1 is 1.21 bits per heavy atom. The Kier molecular flexibility index (Phi) is 6.60. The lowest BCUT2D eigenvalue weighted by Gasteiger charge is -2.06. The summed E-state index contributed by atoms with van der Waals surface area (Å²) in [6, 6.07) is 7.72. The van der Waals surface area contributed by atoms with Crippen LogP contribution < -0.4 is 5.32 Å². The van der Waals surface area contributed by atoms with Crippen molar-refractivity contribution < 1.29 is 17.8 Å². The molecule has 0 bridgehead atoms. The summed E-state index contributed by atoms with van der Waals surface area (Å²) in [5, 5.41) is 13.9. The predicted molar refractivity (Wildman–Crippen MR) is 112 cm³/mol. The van der Waals surface area contributed by atoms with Crippen molar-refractivity contribution in [3.05, 3.63) is 57.5 Å². The van der Waals surface area contributed by atoms with Gasteiger partial charge in [0, 0.05) is 42.2 Å². The van der Waals surface area contributed by atoms with Gasteiger partial charge in [-0.2, -0.15) is 20.2 Å². The van der Waals surface area contributed by atoms with Gasteiger partial charge in [-0.05, 0) is 32.3 Å². The molecule has 0 unspecified atom stereocenters. The average Bonchev–Trinajstić information content (AvgIpc) is 3.19. The Hall–Kier alpha value is -2.37. The fourth-order valence-electron chi connectivity index (χ4n) is 2.85. The minimum absolute atomic E-state index is 0.131. The fourth-order valence-corrected chi connectivity index (χ4v) is 4.86. The van der Waals surface area contributed by atoms with E-state index in [2.05, 4.69) is 9.71 Å². The monoisotopic (exact) mass is 438 g/mol. The molecule has 1 aromatic heterocycles. The highest BCUT2D eigenvalue weighted by atomic mass is 32.2. The number of rotatable bonds is 9. The second-order valence-electron chi connectivity index (χ2n) is 6.75. The molecule has 1 aromatic carbocycles. The fraction of sp³-hybridized carbons (Fsp3) is 0.389. The van der Waals surface area contributed by atoms with Crippen molar-refractivity contribution in [2.45, 2.75) is 17.9 Å². The molecular formula is C18H22N4O5S2. The maximum Gasteiger partial charge on any atom is 0.285 e. The zero-order valence-corrected chi connectivity index (χ0v) is 17.8. The van der Waals surface area contributed by atoms with Crippen LogP contribution in [0.15, 0.2) is 44.0 Å². The van der Waals surface area contributed by atoms with Crippen LogP contribution in [0.3, 0.4) is 0 Å². The zero-order valence-electron chi connectivity index (χ0n) is 16.1. The number of fused-ring (bicyclic) bond motifs is 1. The van der Waals surface area contributed by atoms with Crippen LogP contribution in [0.4, 0.5) is 5.69 Å². The molecule has 1 aliphatic rings. The summed E-state index contributed by atoms with van der Waals surface area (Å²) in [6.45, 7) is 1.30. The number of hydrogen-bond acceptors (Lipinski definition) is 8. The lowest BCUT2D eigenvalue weighted by molar-refractivity contribution is -0.385. The Labute approximate surface area is 173 Å². The van der Waals surface area contributed by atoms with Gasteiger partial charge in [0.1, 0.15) is 22.3 Å². The minimum Gasteiger partial charge on any atom is -0.465 e. The number of aryl methyl sites for hydroxylation is 1. The van der Waals surface area contributed by atoms with Crippen molar-refractivity contribution in [3.8, 4) is 0 Å². The maximum absolute atomic E-state index is 12.1. The van der Waals surface area contributed by atoms with E-state index in [1.165, 1.54) is 12.1 Å². The largest absolute Gasteiger partial charge is 0.465 e. The van der Waals surface area contributed by atoms with Crippen molar-refractivity contribution in [1.29, 1.82) is 0 Å². The van der Waals surface area contributed by atoms with Crippen LogP contribution in [0.25, 0.3) is 0 Å². The summed E-state index contributed by atoms with van der Waals surface area (Å²) in [5.41, 5.74) is 0.0932. The van der Waals surface area contributed by atoms with Gasteiger partial charge in [0.05, 0.1) is 11.5 Å². The quantitative estimate of drug-likeness (QED) is 0.360. The Balaban J connectivity index is 1.46. The molecule has 0 saturated heterocycles. The predicted octanol–water partition coefficient (Wildman–Crippen LogP) is 2.26. The first kappa shape index (κ1) is 21.3. The summed E-state index contributed by atoms with van der Waals surface area (Å²) in [5.74, 6) is 3.76. The first-order valence-corrected chi connectivity index (χ1v) is 11.5. The standard InChI is InChI=1S/C18H22N4O5S2/c1-21(2)12-15-5-4-14(27-15)7-9-28-10-8-19-18-16-6-3-13(22(23)24)11-17(16)29(25,26)20-18/h3-6,11H,7-10,12H2,1-2H3,(H,19,20). The lowest BCUT2D eigenvalue weighted by Crippen LogP contribution is -2.25. The number of nitro benzene ring substituents is 1. The van der Waals surface area contributed by atoms with E-state index in [0.717, 1.165) is 42.1 Å². The number of furan rings is 1. The molecule has 2 aromatic rings. The number of non-ortho nitro benzene ring substituents is 1. The third-order valence-corrected chi connectivity index (χ3v) is 6.44. The number of amidine groups is 1. The highest BCUT2D eigenvalue weighted by Crippen LogP contribution is 2.29. The number of nitro groups is 1. The number of hydrogen-bond donors (Lipinski definition) is 1. The smallest absolute Gasteiger partial charge is 0.285 e. The molecule has 29 heavy (non-hydrogen) atoms. The van der Waals surface area contributed by atoms with E-state index in [-0.39, 0.29) is 16.4 Å². The van der Waals surface area contributed by atoms with E-state index in [9.17, 15) is 18.5 Å². The molecule has 9 nitrogen and oxygen atoms in total. The molecule has 3 rings (SSSR count). The molecule has 0 radical (unpaired) electrons. The molecule has 1 aliphatic heterocycles. The van der Waals surface area contributed by atoms with Crippen molar-refractivity contribution in [2.75, 3.05) is 32.1 Å². The average molecular weight is 439 g/mol. The summed E-state index contributed by atoms with van der Waals surface area (Å²) in [4.78, 5) is 12.2. The Morgan fingerprint density at radius 2 is 1.97 bits per heavy atom. The van der Waals surface area contributed by atoms with Crippen LogP contribution in [0.2, 0.25) is 0 Å². The Morgan fingerprint density at radius 3 is 2.69 bits per heavy atom. The molecule has 1 N–H and O–H groups in total. The van der Waals surface area contributed by atoms with Gasteiger partial charge in [0.2, 0.25) is 0 Å². The zero-order chi connectivity index (χ0) is 21.0. The van der Waals surface area contributed by atoms with E-state index < -0.39 is 14.9 Å². The number of thioether (sulfide) groups is 1. The van der Waals surface area contributed by atoms with E-state index in [1.807, 2.05) is 31.1 Å². The van der Waals surface area contributed by atoms with Crippen molar-refractivity contribution in [3.63, 3.8) is 0 Å². The first-order chi connectivity index (χ1) is 13.8. The number of nitrogens with zero attached hydrogens (tertiary/aromatic N) is 3. The second-order valence-corrected chi connectivity index (χ2v) is 9.54. The van der Waals surface area contributed by atoms with E-state index in [1.54, 1.807) is 11.8 Å². The topological polar surface area (TPSA) is 118 Å². The minimum atomic E-state index is -3.90. The number of benzene rings is 1. The van der Waals surface area contributed by atoms with E-state index in [0.29, 0.717) is 12.1 Å². The third-order valence-electron chi connectivity index (χ3n) is 4.14. The SMILES string of the molecule is CN(C)Cc1ccc(CCSCCNC2=NS(=O)(=O)c3cc([N+](=O)[O-])ccc32)o1. The number of nitrogens with one attached hydrogen (secondary N) is 1. The molecule has 0 aliphatic carbocycles. The normalized spacial score (nSPS) is 14.7. The molecule has 156 valence electrons. The van der Waals surface area contributed by atoms with Crippen LogP contribution >= 0.6 is 11.8 Å². The lowest BCUT2D eigenvalue weighted by atomic mass is 10.2. The van der Waals surface area contributed by atoms with Crippen LogP contribution in [0, 0.1) is 10.1 Å². The van der Waals surface area contributed by atoms with Gasteiger partial charge in [-0.25, -0.2) is 0 Å². The van der Waals surface area contributed by atoms with Gasteiger partial charge >= 0.3 is 0 Å². The highest BCUT2D eigenvalue weighted by molar-refractivity contribution is 7.99. The van der Waals surface area contributed by atoms with Gasteiger partial charge in [-0.15, -0.1) is 4.40 Å². The van der Waals surface area contributed by atoms with Crippen LogP contribution in [-0.4, -0.2) is 56.2 Å². The van der Waals surface area contributed by atoms with Crippen LogP contribution in [0.1, 0.15) is 17.1 Å². The van der Waals surface area contributed by atoms with Crippen molar-refractivity contribution in [1.82, 2.24) is 10.2 Å². The van der Waals surface area contributed by atoms with Gasteiger partial charge in [-0.3, -0.25) is 10.1 Å². The summed E-state index contributed by atoms with van der Waals surface area (Å²) in [7, 11) is 0.0790. The molecule has 0 atom stereocenters. The van der Waals surface area contributed by atoms with Gasteiger partial charge < -0.3 is 14.6 Å². The molecule has 0 fully saturated rings. The molecule has 0 saturated carbocycles. The van der Waals surface area contributed by atoms with E-state index >= 15 is 0 Å². The van der Waals surface area contributed by atoms with Crippen LogP contribution in [0.5, 0.6) is 0 Å². The van der Waals surface area contributed by atoms with Gasteiger partial charge in [-0.1, -0.05) is 0 Å². The van der Waals surface area contributed by atoms with Gasteiger partial charge in [0.25, 0.3) is 15.7 Å². The second kappa shape index (κ2) is 8.97. The van der Waals surface area contributed by atoms with Gasteiger partial charge in [0.15, 0.2) is 0 Å². The third kappa shape index (κ3) is 5.37. The molecule has 0 amide bonds.